The SMILES string of the molecule is CCCCCCCCCCCCCC=CCCCCCCCOP(=O)(O)C(CCC)[N+](C)(C)C. The summed E-state index contributed by atoms with van der Waals surface area (Å²) < 4.78 is 18.6. The van der Waals surface area contributed by atoms with Gasteiger partial charge in [0, 0.05) is 6.42 Å². The maximum absolute atomic E-state index is 12.7. The van der Waals surface area contributed by atoms with Crippen molar-refractivity contribution in [3.63, 3.8) is 0 Å². The Hall–Kier alpha value is -0.150. The molecule has 0 radical (unpaired) electrons. The molecule has 204 valence electrons. The molecule has 0 saturated heterocycles. The van der Waals surface area contributed by atoms with Crippen LogP contribution in [0.5, 0.6) is 0 Å². The summed E-state index contributed by atoms with van der Waals surface area (Å²) in [5.41, 5.74) is 0. The highest BCUT2D eigenvalue weighted by Crippen LogP contribution is 2.51. The van der Waals surface area contributed by atoms with Crippen molar-refractivity contribution in [3.05, 3.63) is 12.2 Å². The van der Waals surface area contributed by atoms with Crippen LogP contribution in [0, 0.1) is 0 Å². The lowest BCUT2D eigenvalue weighted by atomic mass is 10.1. The first-order valence-corrected chi connectivity index (χ1v) is 16.3. The number of hydrogen-bond donors (Lipinski definition) is 1. The summed E-state index contributed by atoms with van der Waals surface area (Å²) >= 11 is 0. The maximum Gasteiger partial charge on any atom is 0.385 e. The molecule has 0 aliphatic carbocycles. The van der Waals surface area contributed by atoms with Gasteiger partial charge in [0.2, 0.25) is 0 Å². The zero-order chi connectivity index (χ0) is 25.5. The molecule has 34 heavy (non-hydrogen) atoms. The first-order valence-electron chi connectivity index (χ1n) is 14.7. The molecule has 1 N–H and O–H groups in total. The van der Waals surface area contributed by atoms with Gasteiger partial charge in [-0.15, -0.1) is 0 Å². The topological polar surface area (TPSA) is 46.5 Å². The van der Waals surface area contributed by atoms with Crippen LogP contribution in [0.25, 0.3) is 0 Å². The fraction of sp³-hybridized carbons (Fsp3) is 0.931. The second-order valence-corrected chi connectivity index (χ2v) is 13.1. The Bertz CT molecular complexity index is 516. The average Bonchev–Trinajstić information content (AvgIpc) is 2.77. The van der Waals surface area contributed by atoms with Crippen molar-refractivity contribution in [1.82, 2.24) is 0 Å². The molecule has 0 heterocycles. The van der Waals surface area contributed by atoms with Gasteiger partial charge in [0.1, 0.15) is 0 Å². The summed E-state index contributed by atoms with van der Waals surface area (Å²) in [6.07, 6.45) is 29.9. The minimum absolute atomic E-state index is 0.339. The summed E-state index contributed by atoms with van der Waals surface area (Å²) in [4.78, 5) is 10.4. The fourth-order valence-electron chi connectivity index (χ4n) is 4.58. The number of rotatable bonds is 25. The van der Waals surface area contributed by atoms with Gasteiger partial charge < -0.3 is 13.9 Å². The lowest BCUT2D eigenvalue weighted by Gasteiger charge is -2.35. The summed E-state index contributed by atoms with van der Waals surface area (Å²) in [5, 5.41) is 0. The van der Waals surface area contributed by atoms with Crippen LogP contribution in [0.3, 0.4) is 0 Å². The van der Waals surface area contributed by atoms with Gasteiger partial charge in [-0.05, 0) is 38.5 Å². The number of hydrogen-bond acceptors (Lipinski definition) is 2. The molecule has 0 aromatic carbocycles. The molecule has 0 aliphatic rings. The Kier molecular flexibility index (Phi) is 22.0. The first kappa shape index (κ1) is 33.8. The lowest BCUT2D eigenvalue weighted by molar-refractivity contribution is -0.883. The van der Waals surface area contributed by atoms with Crippen molar-refractivity contribution < 1.29 is 18.5 Å². The highest BCUT2D eigenvalue weighted by molar-refractivity contribution is 7.53. The predicted octanol–water partition coefficient (Wildman–Crippen LogP) is 9.62. The van der Waals surface area contributed by atoms with Crippen molar-refractivity contribution in [2.45, 2.75) is 148 Å². The lowest BCUT2D eigenvalue weighted by Crippen LogP contribution is -2.45. The monoisotopic (exact) mass is 502 g/mol. The van der Waals surface area contributed by atoms with E-state index in [1.165, 1.54) is 103 Å². The van der Waals surface area contributed by atoms with E-state index < -0.39 is 7.60 Å². The van der Waals surface area contributed by atoms with Gasteiger partial charge in [0.25, 0.3) is 0 Å². The van der Waals surface area contributed by atoms with Crippen LogP contribution in [0.1, 0.15) is 142 Å². The van der Waals surface area contributed by atoms with Crippen molar-refractivity contribution in [2.75, 3.05) is 27.7 Å². The van der Waals surface area contributed by atoms with Crippen LogP contribution in [0.2, 0.25) is 0 Å². The van der Waals surface area contributed by atoms with Gasteiger partial charge in [0.15, 0.2) is 5.78 Å². The van der Waals surface area contributed by atoms with Crippen LogP contribution < -0.4 is 0 Å². The van der Waals surface area contributed by atoms with Gasteiger partial charge in [-0.3, -0.25) is 4.57 Å². The maximum atomic E-state index is 12.7. The molecule has 0 fully saturated rings. The Morgan fingerprint density at radius 3 is 1.50 bits per heavy atom. The van der Waals surface area contributed by atoms with Crippen LogP contribution in [-0.4, -0.2) is 42.9 Å². The van der Waals surface area contributed by atoms with Gasteiger partial charge in [-0.1, -0.05) is 109 Å². The van der Waals surface area contributed by atoms with Gasteiger partial charge in [0.05, 0.1) is 27.7 Å². The largest absolute Gasteiger partial charge is 0.385 e. The molecule has 2 unspecified atom stereocenters. The molecular weight excluding hydrogens is 441 g/mol. The van der Waals surface area contributed by atoms with Crippen LogP contribution in [-0.2, 0) is 9.09 Å². The van der Waals surface area contributed by atoms with E-state index in [1.807, 2.05) is 21.1 Å². The van der Waals surface area contributed by atoms with Crippen molar-refractivity contribution in [1.29, 1.82) is 0 Å². The first-order chi connectivity index (χ1) is 16.3. The normalized spacial score (nSPS) is 15.1. The third-order valence-electron chi connectivity index (χ3n) is 6.75. The average molecular weight is 503 g/mol. The third kappa shape index (κ3) is 20.1. The van der Waals surface area contributed by atoms with E-state index in [0.717, 1.165) is 19.3 Å². The summed E-state index contributed by atoms with van der Waals surface area (Å²) in [6, 6.07) is 0. The van der Waals surface area contributed by atoms with E-state index in [0.29, 0.717) is 17.5 Å². The molecule has 0 amide bonds. The summed E-state index contributed by atoms with van der Waals surface area (Å²) in [5.74, 6) is -0.339. The molecule has 0 saturated carbocycles. The minimum atomic E-state index is -3.57. The van der Waals surface area contributed by atoms with Crippen LogP contribution >= 0.6 is 7.60 Å². The molecule has 4 nitrogen and oxygen atoms in total. The second-order valence-electron chi connectivity index (χ2n) is 11.1. The number of allylic oxidation sites excluding steroid dienone is 2. The molecule has 0 aromatic rings. The quantitative estimate of drug-likeness (QED) is 0.0585. The van der Waals surface area contributed by atoms with Gasteiger partial charge in [-0.2, -0.15) is 0 Å². The number of unbranched alkanes of at least 4 members (excludes halogenated alkanes) is 16. The number of quaternary nitrogens is 1. The van der Waals surface area contributed by atoms with Gasteiger partial charge in [-0.25, -0.2) is 0 Å². The zero-order valence-corrected chi connectivity index (χ0v) is 24.6. The molecule has 2 atom stereocenters. The zero-order valence-electron chi connectivity index (χ0n) is 23.7. The van der Waals surface area contributed by atoms with E-state index in [2.05, 4.69) is 26.0 Å². The third-order valence-corrected chi connectivity index (χ3v) is 9.01. The van der Waals surface area contributed by atoms with E-state index in [1.54, 1.807) is 0 Å². The Labute approximate surface area is 214 Å². The molecule has 0 spiro atoms. The highest BCUT2D eigenvalue weighted by Gasteiger charge is 2.41. The molecule has 0 aromatic heterocycles. The Morgan fingerprint density at radius 2 is 1.09 bits per heavy atom. The Morgan fingerprint density at radius 1 is 0.676 bits per heavy atom. The molecule has 0 bridgehead atoms. The van der Waals surface area contributed by atoms with Crippen LogP contribution in [0.15, 0.2) is 12.2 Å². The highest BCUT2D eigenvalue weighted by atomic mass is 31.2. The molecule has 0 rings (SSSR count). The van der Waals surface area contributed by atoms with Crippen molar-refractivity contribution >= 4 is 7.60 Å². The van der Waals surface area contributed by atoms with Crippen molar-refractivity contribution in [3.8, 4) is 0 Å². The van der Waals surface area contributed by atoms with E-state index in [4.69, 9.17) is 4.52 Å². The minimum Gasteiger partial charge on any atom is -0.320 e. The van der Waals surface area contributed by atoms with E-state index in [-0.39, 0.29) is 5.78 Å². The van der Waals surface area contributed by atoms with Crippen LogP contribution in [0.4, 0.5) is 0 Å². The van der Waals surface area contributed by atoms with E-state index in [9.17, 15) is 9.46 Å². The predicted molar refractivity (Wildman–Crippen MR) is 150 cm³/mol. The summed E-state index contributed by atoms with van der Waals surface area (Å²) in [7, 11) is 2.34. The second kappa shape index (κ2) is 22.1. The summed E-state index contributed by atoms with van der Waals surface area (Å²) in [6.45, 7) is 4.73. The van der Waals surface area contributed by atoms with E-state index >= 15 is 0 Å². The standard InChI is InChI=1S/C29H60NO3P/c1-6-8-9-10-11-12-13-14-15-16-17-18-19-20-21-22-23-24-25-26-28-33-34(31,32)29(27-7-2)30(3,4)5/h19-20,29H,6-18,21-28H2,1-5H3/p+1. The molecule has 0 aliphatic heterocycles. The fourth-order valence-corrected chi connectivity index (χ4v) is 6.61. The van der Waals surface area contributed by atoms with Gasteiger partial charge >= 0.3 is 7.60 Å². The molecular formula is C29H61NO3P+. The molecule has 5 heteroatoms. The van der Waals surface area contributed by atoms with Crippen molar-refractivity contribution in [2.24, 2.45) is 0 Å². The smallest absolute Gasteiger partial charge is 0.320 e. The Balaban J connectivity index is 3.51. The number of nitrogens with zero attached hydrogens (tertiary/aromatic N) is 1.